The number of hydrogen-bond donors (Lipinski definition) is 2. The van der Waals surface area contributed by atoms with Crippen LogP contribution in [-0.4, -0.2) is 47.7 Å². The minimum atomic E-state index is -0.610. The van der Waals surface area contributed by atoms with Crippen molar-refractivity contribution in [2.24, 2.45) is 5.92 Å². The highest BCUT2D eigenvalue weighted by atomic mass is 35.5. The van der Waals surface area contributed by atoms with Crippen molar-refractivity contribution in [3.8, 4) is 0 Å². The number of benzene rings is 1. The molecule has 2 N–H and O–H groups in total. The van der Waals surface area contributed by atoms with Crippen LogP contribution in [0, 0.1) is 5.92 Å². The Morgan fingerprint density at radius 1 is 1.45 bits per heavy atom. The van der Waals surface area contributed by atoms with Crippen molar-refractivity contribution in [3.05, 3.63) is 34.9 Å². The Balaban J connectivity index is 1.69. The lowest BCUT2D eigenvalue weighted by Crippen LogP contribution is -2.51. The Morgan fingerprint density at radius 3 is 2.77 bits per heavy atom. The van der Waals surface area contributed by atoms with Crippen LogP contribution in [0.15, 0.2) is 24.3 Å². The third kappa shape index (κ3) is 4.97. The molecule has 1 fully saturated rings. The maximum atomic E-state index is 12.0. The Kier molecular flexibility index (Phi) is 5.84. The van der Waals surface area contributed by atoms with E-state index in [0.717, 1.165) is 30.1 Å². The Morgan fingerprint density at radius 2 is 2.14 bits per heavy atom. The normalized spacial score (nSPS) is 25.9. The van der Waals surface area contributed by atoms with Gasteiger partial charge < -0.3 is 10.4 Å². The molecule has 22 heavy (non-hydrogen) atoms. The van der Waals surface area contributed by atoms with E-state index in [4.69, 9.17) is 11.6 Å². The fraction of sp³-hybridized carbons (Fsp3) is 0.588. The number of hydrogen-bond acceptors (Lipinski definition) is 3. The molecular formula is C17H25ClN2O2. The third-order valence-electron chi connectivity index (χ3n) is 4.54. The first-order chi connectivity index (χ1) is 10.4. The van der Waals surface area contributed by atoms with Crippen LogP contribution in [0.1, 0.15) is 25.8 Å². The first-order valence-electron chi connectivity index (χ1n) is 7.83. The predicted octanol–water partition coefficient (Wildman–Crippen LogP) is 2.09. The predicted molar refractivity (Wildman–Crippen MR) is 89.0 cm³/mol. The summed E-state index contributed by atoms with van der Waals surface area (Å²) in [4.78, 5) is 14.1. The van der Waals surface area contributed by atoms with Crippen LogP contribution in [0.4, 0.5) is 0 Å². The van der Waals surface area contributed by atoms with Gasteiger partial charge in [-0.25, -0.2) is 0 Å². The first kappa shape index (κ1) is 17.3. The monoisotopic (exact) mass is 324 g/mol. The number of carbonyl (C=O) groups is 1. The van der Waals surface area contributed by atoms with Crippen LogP contribution >= 0.6 is 11.6 Å². The van der Waals surface area contributed by atoms with Gasteiger partial charge in [0.1, 0.15) is 0 Å². The van der Waals surface area contributed by atoms with Gasteiger partial charge in [-0.2, -0.15) is 0 Å². The second kappa shape index (κ2) is 7.44. The van der Waals surface area contributed by atoms with Crippen LogP contribution in [0.25, 0.3) is 0 Å². The maximum Gasteiger partial charge on any atom is 0.234 e. The lowest BCUT2D eigenvalue weighted by Gasteiger charge is -2.40. The van der Waals surface area contributed by atoms with E-state index in [2.05, 4.69) is 10.2 Å². The standard InChI is InChI=1S/C17H25ClN2O2/c1-13-11-20(10-8-17(13,2)22)12-16(21)19-9-7-14-3-5-15(18)6-4-14/h3-6,13,22H,7-12H2,1-2H3,(H,19,21)/t13-,17+/m0/s1. The molecule has 1 amide bonds. The van der Waals surface area contributed by atoms with Gasteiger partial charge in [-0.05, 0) is 43.4 Å². The van der Waals surface area contributed by atoms with Gasteiger partial charge in [-0.1, -0.05) is 30.7 Å². The lowest BCUT2D eigenvalue weighted by molar-refractivity contribution is -0.124. The highest BCUT2D eigenvalue weighted by Crippen LogP contribution is 2.26. The summed E-state index contributed by atoms with van der Waals surface area (Å²) in [6.45, 7) is 6.47. The van der Waals surface area contributed by atoms with Gasteiger partial charge in [0.05, 0.1) is 12.1 Å². The zero-order valence-corrected chi connectivity index (χ0v) is 14.1. The Labute approximate surface area is 137 Å². The minimum absolute atomic E-state index is 0.0442. The molecule has 0 aromatic heterocycles. The Hall–Kier alpha value is -1.10. The molecule has 0 spiro atoms. The Bertz CT molecular complexity index is 502. The smallest absolute Gasteiger partial charge is 0.234 e. The van der Waals surface area contributed by atoms with Crippen molar-refractivity contribution in [2.75, 3.05) is 26.2 Å². The zero-order chi connectivity index (χ0) is 16.2. The van der Waals surface area contributed by atoms with E-state index >= 15 is 0 Å². The summed E-state index contributed by atoms with van der Waals surface area (Å²) in [6, 6.07) is 7.67. The van der Waals surface area contributed by atoms with Crippen molar-refractivity contribution >= 4 is 17.5 Å². The molecule has 1 aromatic rings. The van der Waals surface area contributed by atoms with E-state index < -0.39 is 5.60 Å². The van der Waals surface area contributed by atoms with E-state index in [9.17, 15) is 9.90 Å². The van der Waals surface area contributed by atoms with Crippen molar-refractivity contribution in [1.82, 2.24) is 10.2 Å². The summed E-state index contributed by atoms with van der Waals surface area (Å²) >= 11 is 5.84. The molecule has 0 bridgehead atoms. The lowest BCUT2D eigenvalue weighted by atomic mass is 9.84. The first-order valence-corrected chi connectivity index (χ1v) is 8.20. The van der Waals surface area contributed by atoms with Crippen LogP contribution in [0.5, 0.6) is 0 Å². The summed E-state index contributed by atoms with van der Waals surface area (Å²) in [6.07, 6.45) is 1.51. The molecule has 5 heteroatoms. The van der Waals surface area contributed by atoms with Crippen LogP contribution < -0.4 is 5.32 Å². The number of halogens is 1. The zero-order valence-electron chi connectivity index (χ0n) is 13.3. The van der Waals surface area contributed by atoms with E-state index in [1.807, 2.05) is 38.1 Å². The molecule has 0 unspecified atom stereocenters. The number of aliphatic hydroxyl groups is 1. The highest BCUT2D eigenvalue weighted by Gasteiger charge is 2.34. The summed E-state index contributed by atoms with van der Waals surface area (Å²) in [5.41, 5.74) is 0.550. The third-order valence-corrected chi connectivity index (χ3v) is 4.80. The topological polar surface area (TPSA) is 52.6 Å². The molecule has 2 rings (SSSR count). The largest absolute Gasteiger partial charge is 0.390 e. The number of nitrogens with one attached hydrogen (secondary N) is 1. The van der Waals surface area contributed by atoms with Gasteiger partial charge in [0, 0.05) is 24.7 Å². The van der Waals surface area contributed by atoms with Crippen molar-refractivity contribution in [3.63, 3.8) is 0 Å². The van der Waals surface area contributed by atoms with Crippen LogP contribution in [0.3, 0.4) is 0 Å². The number of nitrogens with zero attached hydrogens (tertiary/aromatic N) is 1. The fourth-order valence-corrected chi connectivity index (χ4v) is 2.83. The highest BCUT2D eigenvalue weighted by molar-refractivity contribution is 6.30. The molecule has 1 heterocycles. The number of piperidine rings is 1. The number of rotatable bonds is 5. The fourth-order valence-electron chi connectivity index (χ4n) is 2.71. The van der Waals surface area contributed by atoms with E-state index in [0.29, 0.717) is 19.5 Å². The molecule has 122 valence electrons. The summed E-state index contributed by atoms with van der Waals surface area (Å²) in [5, 5.41) is 13.8. The number of carbonyl (C=O) groups excluding carboxylic acids is 1. The molecule has 4 nitrogen and oxygen atoms in total. The van der Waals surface area contributed by atoms with E-state index in [-0.39, 0.29) is 11.8 Å². The molecule has 2 atom stereocenters. The van der Waals surface area contributed by atoms with Gasteiger partial charge in [0.15, 0.2) is 0 Å². The summed E-state index contributed by atoms with van der Waals surface area (Å²) in [7, 11) is 0. The van der Waals surface area contributed by atoms with Crippen LogP contribution in [0.2, 0.25) is 5.02 Å². The second-order valence-electron chi connectivity index (χ2n) is 6.47. The molecule has 1 saturated heterocycles. The van der Waals surface area contributed by atoms with Gasteiger partial charge in [-0.3, -0.25) is 9.69 Å². The molecule has 0 saturated carbocycles. The molecule has 0 radical (unpaired) electrons. The number of amides is 1. The van der Waals surface area contributed by atoms with Crippen molar-refractivity contribution in [1.29, 1.82) is 0 Å². The van der Waals surface area contributed by atoms with Crippen LogP contribution in [-0.2, 0) is 11.2 Å². The quantitative estimate of drug-likeness (QED) is 0.872. The van der Waals surface area contributed by atoms with Gasteiger partial charge >= 0.3 is 0 Å². The van der Waals surface area contributed by atoms with E-state index in [1.54, 1.807) is 0 Å². The molecular weight excluding hydrogens is 300 g/mol. The molecule has 0 aliphatic carbocycles. The average molecular weight is 325 g/mol. The molecule has 1 aliphatic heterocycles. The average Bonchev–Trinajstić information content (AvgIpc) is 2.45. The second-order valence-corrected chi connectivity index (χ2v) is 6.91. The summed E-state index contributed by atoms with van der Waals surface area (Å²) in [5.74, 6) is 0.228. The minimum Gasteiger partial charge on any atom is -0.390 e. The van der Waals surface area contributed by atoms with Gasteiger partial charge in [0.2, 0.25) is 5.91 Å². The molecule has 1 aliphatic rings. The van der Waals surface area contributed by atoms with Gasteiger partial charge in [-0.15, -0.1) is 0 Å². The summed E-state index contributed by atoms with van der Waals surface area (Å²) < 4.78 is 0. The maximum absolute atomic E-state index is 12.0. The molecule has 1 aromatic carbocycles. The van der Waals surface area contributed by atoms with Crippen molar-refractivity contribution in [2.45, 2.75) is 32.3 Å². The van der Waals surface area contributed by atoms with Gasteiger partial charge in [0.25, 0.3) is 0 Å². The van der Waals surface area contributed by atoms with E-state index in [1.165, 1.54) is 0 Å². The SMILES string of the molecule is C[C@H]1CN(CC(=O)NCCc2ccc(Cl)cc2)CC[C@@]1(C)O. The van der Waals surface area contributed by atoms with Crippen molar-refractivity contribution < 1.29 is 9.90 Å². The number of likely N-dealkylation sites (tertiary alicyclic amines) is 1.